The van der Waals surface area contributed by atoms with Crippen molar-refractivity contribution in [3.63, 3.8) is 0 Å². The number of H-pyrrole nitrogens is 1. The van der Waals surface area contributed by atoms with Crippen LogP contribution in [-0.4, -0.2) is 126 Å². The Kier molecular flexibility index (Phi) is 15.7. The van der Waals surface area contributed by atoms with E-state index in [1.807, 2.05) is 10.3 Å². The minimum absolute atomic E-state index is 0. The molecule has 2 saturated heterocycles. The van der Waals surface area contributed by atoms with E-state index in [0.717, 1.165) is 24.4 Å². The van der Waals surface area contributed by atoms with Gasteiger partial charge in [-0.15, -0.1) is 0 Å². The maximum Gasteiger partial charge on any atom is 1.00 e. The molecule has 1 aromatic heterocycles. The van der Waals surface area contributed by atoms with E-state index in [1.54, 1.807) is 0 Å². The number of phosphoric ester groups is 2. The molecule has 0 aromatic carbocycles. The predicted octanol–water partition coefficient (Wildman–Crippen LogP) is -13.0. The number of aliphatic hydroxyl groups is 5. The van der Waals surface area contributed by atoms with Crippen LogP contribution in [0.15, 0.2) is 34.0 Å². The van der Waals surface area contributed by atoms with Crippen molar-refractivity contribution in [1.29, 1.82) is 0 Å². The normalized spacial score (nSPS) is 32.6. The Balaban J connectivity index is 0.00000400. The molecule has 48 heavy (non-hydrogen) atoms. The number of amides is 3. The molecule has 2 unspecified atom stereocenters. The Morgan fingerprint density at radius 3 is 2.12 bits per heavy atom. The maximum atomic E-state index is 12.5. The van der Waals surface area contributed by atoms with Crippen molar-refractivity contribution < 1.29 is 141 Å². The summed E-state index contributed by atoms with van der Waals surface area (Å²) >= 11 is 0. The monoisotopic (exact) mass is 746 g/mol. The van der Waals surface area contributed by atoms with Crippen molar-refractivity contribution in [1.82, 2.24) is 19.8 Å². The summed E-state index contributed by atoms with van der Waals surface area (Å²) in [6.45, 7) is -3.15. The Labute approximate surface area is 312 Å². The number of nitrogens with zero attached hydrogens (tertiary/aromatic N) is 2. The van der Waals surface area contributed by atoms with Gasteiger partial charge < -0.3 is 54.6 Å². The van der Waals surface area contributed by atoms with Gasteiger partial charge in [0.1, 0.15) is 49.2 Å². The molecule has 3 amide bonds. The summed E-state index contributed by atoms with van der Waals surface area (Å²) in [6, 6.07) is -1.14. The molecule has 256 valence electrons. The van der Waals surface area contributed by atoms with E-state index >= 15 is 0 Å². The summed E-state index contributed by atoms with van der Waals surface area (Å²) in [7, 11) is -12.1. The number of imide groups is 1. The summed E-state index contributed by atoms with van der Waals surface area (Å²) in [5.41, 5.74) is -1.84. The molecule has 11 atom stereocenters. The van der Waals surface area contributed by atoms with Gasteiger partial charge >= 0.3 is 64.8 Å². The van der Waals surface area contributed by atoms with Crippen LogP contribution in [0.4, 0.5) is 0 Å². The molecule has 3 aliphatic heterocycles. The molecule has 7 N–H and O–H groups in total. The fourth-order valence-electron chi connectivity index (χ4n) is 4.47. The second-order valence-electron chi connectivity index (χ2n) is 9.84. The van der Waals surface area contributed by atoms with Crippen LogP contribution < -0.4 is 85.5 Å². The number of aromatic amines is 1. The van der Waals surface area contributed by atoms with E-state index in [-0.39, 0.29) is 59.1 Å². The van der Waals surface area contributed by atoms with Gasteiger partial charge in [0, 0.05) is 24.4 Å². The third-order valence-electron chi connectivity index (χ3n) is 6.70. The van der Waals surface area contributed by atoms with E-state index in [1.165, 1.54) is 0 Å². The molecule has 1 aromatic rings. The van der Waals surface area contributed by atoms with E-state index in [2.05, 4.69) is 13.4 Å². The van der Waals surface area contributed by atoms with Crippen LogP contribution in [0.3, 0.4) is 0 Å². The number of aromatic nitrogens is 2. The number of rotatable bonds is 12. The molecule has 27 heteroatoms. The second kappa shape index (κ2) is 17.5. The molecule has 0 radical (unpaired) electrons. The first kappa shape index (κ1) is 43.2. The summed E-state index contributed by atoms with van der Waals surface area (Å²) in [5.74, 6) is -2.94. The van der Waals surface area contributed by atoms with Crippen LogP contribution in [0.5, 0.6) is 0 Å². The van der Waals surface area contributed by atoms with Crippen molar-refractivity contribution in [2.45, 2.75) is 55.2 Å². The Morgan fingerprint density at radius 1 is 0.938 bits per heavy atom. The average molecular weight is 746 g/mol. The molecule has 0 aliphatic carbocycles. The molecule has 4 rings (SSSR count). The zero-order chi connectivity index (χ0) is 34.1. The van der Waals surface area contributed by atoms with E-state index in [4.69, 9.17) is 9.47 Å². The molecular formula is C21H26N4Na2O19P2. The number of ether oxygens (including phenoxy) is 2. The third kappa shape index (κ3) is 10.3. The molecule has 3 aliphatic rings. The van der Waals surface area contributed by atoms with Gasteiger partial charge in [0.2, 0.25) is 5.91 Å². The zero-order valence-corrected chi connectivity index (χ0v) is 30.7. The number of carbonyl (C=O) groups is 3. The van der Waals surface area contributed by atoms with Gasteiger partial charge in [-0.3, -0.25) is 47.3 Å². The van der Waals surface area contributed by atoms with Crippen molar-refractivity contribution in [3.8, 4) is 0 Å². The number of aliphatic hydroxyl groups excluding tert-OH is 5. The minimum Gasteiger partial charge on any atom is -0.756 e. The molecule has 23 nitrogen and oxygen atoms in total. The number of hydrogen-bond acceptors (Lipinski definition) is 19. The van der Waals surface area contributed by atoms with E-state index in [9.17, 15) is 68.4 Å². The first-order chi connectivity index (χ1) is 21.4. The van der Waals surface area contributed by atoms with Gasteiger partial charge in [0.25, 0.3) is 33.0 Å². The standard InChI is InChI=1S/C21H28N4O19P2.2Na/c26-6-8-15(31)17(33)14(22-11(28)5-25-12(29)1-2-13(25)30)20(42-8)43-46(38,39)44-45(36,37)40-7-9-16(32)18(34)19(41-9)24-4-3-10(27)23-21(24)35;;/h1-4,8-9,14-20,26,31-34H,5-7H2,(H,22,28)(H,36,37)(H,38,39)(H,23,27,35);;/q;2*+1/p-2/t8-,9-,14-,15+,16-,17-,18-,19-,20-;;/m1../s1. The molecule has 0 spiro atoms. The average Bonchev–Trinajstić information content (AvgIpc) is 3.43. The Hall–Kier alpha value is -0.990. The van der Waals surface area contributed by atoms with Crippen LogP contribution in [0.25, 0.3) is 0 Å². The van der Waals surface area contributed by atoms with Gasteiger partial charge in [-0.05, 0) is 0 Å². The van der Waals surface area contributed by atoms with Gasteiger partial charge in [-0.2, -0.15) is 0 Å². The number of phosphoric acid groups is 2. The zero-order valence-electron chi connectivity index (χ0n) is 24.9. The topological polar surface area (TPSA) is 349 Å². The largest absolute Gasteiger partial charge is 1.00 e. The summed E-state index contributed by atoms with van der Waals surface area (Å²) in [6.07, 6.45) is -12.7. The molecular weight excluding hydrogens is 720 g/mol. The molecule has 2 fully saturated rings. The van der Waals surface area contributed by atoms with Crippen molar-refractivity contribution in [2.24, 2.45) is 0 Å². The van der Waals surface area contributed by atoms with Gasteiger partial charge in [-0.1, -0.05) is 0 Å². The van der Waals surface area contributed by atoms with Gasteiger partial charge in [-0.25, -0.2) is 9.11 Å². The minimum atomic E-state index is -6.12. The summed E-state index contributed by atoms with van der Waals surface area (Å²) in [5, 5.41) is 52.5. The summed E-state index contributed by atoms with van der Waals surface area (Å²) in [4.78, 5) is 86.4. The quantitative estimate of drug-likeness (QED) is 0.0593. The second-order valence-corrected chi connectivity index (χ2v) is 12.7. The summed E-state index contributed by atoms with van der Waals surface area (Å²) < 4.78 is 48.8. The fraction of sp³-hybridized carbons (Fsp3) is 0.571. The van der Waals surface area contributed by atoms with Crippen molar-refractivity contribution in [3.05, 3.63) is 45.3 Å². The Morgan fingerprint density at radius 2 is 1.54 bits per heavy atom. The number of nitrogens with one attached hydrogen (secondary N) is 2. The van der Waals surface area contributed by atoms with Crippen molar-refractivity contribution in [2.75, 3.05) is 19.8 Å². The smallest absolute Gasteiger partial charge is 0.756 e. The van der Waals surface area contributed by atoms with Gasteiger partial charge in [0.15, 0.2) is 12.5 Å². The van der Waals surface area contributed by atoms with Gasteiger partial charge in [0.05, 0.1) is 13.2 Å². The van der Waals surface area contributed by atoms with E-state index < -0.39 is 120 Å². The van der Waals surface area contributed by atoms with Crippen LogP contribution in [-0.2, 0) is 46.3 Å². The SMILES string of the molecule is O=C(CN1C(=O)C=CC1=O)N[C@H]1[C@@H](OP(=O)([O-])OP(=O)([O-])OC[C@H]2O[C@@H](n3ccc(=O)[nH]c3=O)[C@H](O)[C@@H]2O)O[C@H](CO)[C@H](O)[C@@H]1O.[Na+].[Na+]. The maximum absolute atomic E-state index is 12.5. The van der Waals surface area contributed by atoms with Crippen molar-refractivity contribution >= 4 is 33.4 Å². The predicted molar refractivity (Wildman–Crippen MR) is 136 cm³/mol. The first-order valence-corrected chi connectivity index (χ1v) is 15.8. The number of hydrogen-bond donors (Lipinski definition) is 7. The van der Waals surface area contributed by atoms with Crippen LogP contribution >= 0.6 is 15.6 Å². The fourth-order valence-corrected chi connectivity index (χ4v) is 6.56. The van der Waals surface area contributed by atoms with Crippen LogP contribution in [0, 0.1) is 0 Å². The molecule has 0 bridgehead atoms. The van der Waals surface area contributed by atoms with E-state index in [0.29, 0.717) is 9.47 Å². The number of carbonyl (C=O) groups excluding carboxylic acids is 3. The Bertz CT molecular complexity index is 1570. The van der Waals surface area contributed by atoms with Crippen LogP contribution in [0.2, 0.25) is 0 Å². The van der Waals surface area contributed by atoms with Crippen LogP contribution in [0.1, 0.15) is 6.23 Å². The molecule has 0 saturated carbocycles. The third-order valence-corrected chi connectivity index (χ3v) is 9.23. The molecule has 4 heterocycles. The first-order valence-electron chi connectivity index (χ1n) is 12.9.